The molecular weight excluding hydrogens is 584 g/mol. The van der Waals surface area contributed by atoms with Crippen molar-refractivity contribution in [1.29, 1.82) is 0 Å². The molecule has 1 unspecified atom stereocenters. The number of nitrogens with zero attached hydrogens (tertiary/aromatic N) is 1. The molecule has 1 aliphatic rings. The third-order valence-corrected chi connectivity index (χ3v) is 6.75. The maximum atomic E-state index is 13.4. The zero-order valence-corrected chi connectivity index (χ0v) is 23.5. The molecule has 2 N–H and O–H groups in total. The molecule has 4 atom stereocenters. The number of esters is 2. The van der Waals surface area contributed by atoms with Crippen LogP contribution in [0.5, 0.6) is 11.5 Å². The second-order valence-corrected chi connectivity index (χ2v) is 10.00. The van der Waals surface area contributed by atoms with Crippen LogP contribution < -0.4 is 14.8 Å². The van der Waals surface area contributed by atoms with Crippen LogP contribution in [0.25, 0.3) is 0 Å². The third-order valence-electron chi connectivity index (χ3n) is 6.35. The molecule has 1 saturated heterocycles. The lowest BCUT2D eigenvalue weighted by Crippen LogP contribution is -2.46. The molecule has 11 heteroatoms. The van der Waals surface area contributed by atoms with Crippen LogP contribution in [-0.4, -0.2) is 59.9 Å². The molecule has 0 saturated carbocycles. The first-order valence-corrected chi connectivity index (χ1v) is 13.4. The number of hydrogen-bond donors (Lipinski definition) is 2. The molecule has 40 heavy (non-hydrogen) atoms. The molecule has 0 radical (unpaired) electrons. The molecule has 3 aromatic rings. The quantitative estimate of drug-likeness (QED) is 0.290. The summed E-state index contributed by atoms with van der Waals surface area (Å²) in [6.07, 6.45) is -2.18. The summed E-state index contributed by atoms with van der Waals surface area (Å²) in [6, 6.07) is 18.6. The number of halogens is 1. The standard InChI is InChI=1S/C29H29BrN2O8/c1-17-25(33)20(13-18-9-5-3-6-10-18)28(35)39-16-21(29(36)40-17)31-27(34)24-26(22(37-2)14-23(30)32-24)38-15-19-11-7-4-8-12-19/h3-12,14,17,20-21,25,33H,13,15-16H2,1-2H3,(H,31,34)/t17-,20+,21?,25-/m0/s1. The van der Waals surface area contributed by atoms with E-state index in [2.05, 4.69) is 26.2 Å². The Bertz CT molecular complexity index is 1340. The Morgan fingerprint density at radius 2 is 1.73 bits per heavy atom. The smallest absolute Gasteiger partial charge is 0.332 e. The van der Waals surface area contributed by atoms with Gasteiger partial charge in [-0.3, -0.25) is 9.59 Å². The van der Waals surface area contributed by atoms with Gasteiger partial charge in [-0.2, -0.15) is 0 Å². The number of aromatic nitrogens is 1. The summed E-state index contributed by atoms with van der Waals surface area (Å²) < 4.78 is 22.4. The van der Waals surface area contributed by atoms with Crippen LogP contribution in [0.4, 0.5) is 0 Å². The predicted octanol–water partition coefficient (Wildman–Crippen LogP) is 3.24. The van der Waals surface area contributed by atoms with E-state index < -0.39 is 48.6 Å². The van der Waals surface area contributed by atoms with Crippen molar-refractivity contribution in [2.75, 3.05) is 13.7 Å². The monoisotopic (exact) mass is 612 g/mol. The van der Waals surface area contributed by atoms with E-state index in [1.54, 1.807) is 6.07 Å². The number of carbonyl (C=O) groups excluding carboxylic acids is 3. The van der Waals surface area contributed by atoms with Gasteiger partial charge in [0.25, 0.3) is 5.91 Å². The Hall–Kier alpha value is -3.96. The molecule has 1 amide bonds. The average molecular weight is 613 g/mol. The minimum Gasteiger partial charge on any atom is -0.493 e. The number of aliphatic hydroxyl groups is 1. The first kappa shape index (κ1) is 29.0. The molecular formula is C29H29BrN2O8. The number of aliphatic hydroxyl groups excluding tert-OH is 1. The van der Waals surface area contributed by atoms with Crippen molar-refractivity contribution in [1.82, 2.24) is 10.3 Å². The van der Waals surface area contributed by atoms with Gasteiger partial charge in [0.05, 0.1) is 13.0 Å². The normalized spacial score (nSPS) is 21.2. The van der Waals surface area contributed by atoms with Gasteiger partial charge in [0.2, 0.25) is 0 Å². The number of pyridine rings is 1. The summed E-state index contributed by atoms with van der Waals surface area (Å²) >= 11 is 3.26. The van der Waals surface area contributed by atoms with E-state index in [1.165, 1.54) is 14.0 Å². The molecule has 0 bridgehead atoms. The van der Waals surface area contributed by atoms with E-state index in [0.29, 0.717) is 4.60 Å². The molecule has 1 aromatic heterocycles. The fraction of sp³-hybridized carbons (Fsp3) is 0.310. The molecule has 0 aliphatic carbocycles. The first-order chi connectivity index (χ1) is 19.3. The van der Waals surface area contributed by atoms with Gasteiger partial charge in [-0.25, -0.2) is 9.78 Å². The second-order valence-electron chi connectivity index (χ2n) is 9.18. The van der Waals surface area contributed by atoms with Crippen LogP contribution in [0.3, 0.4) is 0 Å². The van der Waals surface area contributed by atoms with Crippen molar-refractivity contribution < 1.29 is 38.4 Å². The lowest BCUT2D eigenvalue weighted by Gasteiger charge is -2.25. The molecule has 1 aliphatic heterocycles. The maximum Gasteiger partial charge on any atom is 0.332 e. The zero-order valence-electron chi connectivity index (χ0n) is 21.9. The van der Waals surface area contributed by atoms with Gasteiger partial charge in [0.1, 0.15) is 30.0 Å². The van der Waals surface area contributed by atoms with Crippen molar-refractivity contribution in [2.45, 2.75) is 38.2 Å². The Morgan fingerprint density at radius 3 is 2.38 bits per heavy atom. The summed E-state index contributed by atoms with van der Waals surface area (Å²) in [5.74, 6) is -3.04. The summed E-state index contributed by atoms with van der Waals surface area (Å²) in [4.78, 5) is 43.6. The van der Waals surface area contributed by atoms with Crippen LogP contribution in [-0.2, 0) is 32.1 Å². The molecule has 210 valence electrons. The fourth-order valence-corrected chi connectivity index (χ4v) is 4.58. The van der Waals surface area contributed by atoms with E-state index in [9.17, 15) is 19.5 Å². The van der Waals surface area contributed by atoms with Crippen LogP contribution >= 0.6 is 15.9 Å². The number of methoxy groups -OCH3 is 1. The Kier molecular flexibility index (Phi) is 9.73. The average Bonchev–Trinajstić information content (AvgIpc) is 2.99. The van der Waals surface area contributed by atoms with Crippen molar-refractivity contribution >= 4 is 33.8 Å². The van der Waals surface area contributed by atoms with Gasteiger partial charge in [-0.05, 0) is 40.4 Å². The van der Waals surface area contributed by atoms with Crippen molar-refractivity contribution in [2.24, 2.45) is 5.92 Å². The Morgan fingerprint density at radius 1 is 1.07 bits per heavy atom. The fourth-order valence-electron chi connectivity index (χ4n) is 4.20. The Balaban J connectivity index is 1.54. The molecule has 2 aromatic carbocycles. The number of nitrogens with one attached hydrogen (secondary N) is 1. The summed E-state index contributed by atoms with van der Waals surface area (Å²) in [7, 11) is 1.42. The van der Waals surface area contributed by atoms with Crippen molar-refractivity contribution in [3.63, 3.8) is 0 Å². The highest BCUT2D eigenvalue weighted by molar-refractivity contribution is 9.10. The number of rotatable bonds is 8. The number of ether oxygens (including phenoxy) is 4. The first-order valence-electron chi connectivity index (χ1n) is 12.6. The van der Waals surface area contributed by atoms with Crippen LogP contribution in [0.1, 0.15) is 28.5 Å². The zero-order chi connectivity index (χ0) is 28.6. The van der Waals surface area contributed by atoms with E-state index in [4.69, 9.17) is 18.9 Å². The number of amides is 1. The number of cyclic esters (lactones) is 2. The largest absolute Gasteiger partial charge is 0.493 e. The summed E-state index contributed by atoms with van der Waals surface area (Å²) in [6.45, 7) is 1.11. The maximum absolute atomic E-state index is 13.4. The number of benzene rings is 2. The number of hydrogen-bond acceptors (Lipinski definition) is 9. The molecule has 1 fully saturated rings. The van der Waals surface area contributed by atoms with Gasteiger partial charge in [0, 0.05) is 6.07 Å². The number of carbonyl (C=O) groups is 3. The molecule has 0 spiro atoms. The second kappa shape index (κ2) is 13.4. The van der Waals surface area contributed by atoms with Crippen LogP contribution in [0, 0.1) is 5.92 Å². The molecule has 4 rings (SSSR count). The van der Waals surface area contributed by atoms with Gasteiger partial charge >= 0.3 is 11.9 Å². The summed E-state index contributed by atoms with van der Waals surface area (Å²) in [5, 5.41) is 13.4. The minimum atomic E-state index is -1.37. The van der Waals surface area contributed by atoms with Crippen LogP contribution in [0.2, 0.25) is 0 Å². The third kappa shape index (κ3) is 7.16. The van der Waals surface area contributed by atoms with E-state index in [-0.39, 0.29) is 30.2 Å². The molecule has 10 nitrogen and oxygen atoms in total. The van der Waals surface area contributed by atoms with E-state index in [0.717, 1.165) is 11.1 Å². The molecule has 2 heterocycles. The highest BCUT2D eigenvalue weighted by Gasteiger charge is 2.39. The van der Waals surface area contributed by atoms with Gasteiger partial charge < -0.3 is 29.4 Å². The van der Waals surface area contributed by atoms with Gasteiger partial charge in [0.15, 0.2) is 23.2 Å². The van der Waals surface area contributed by atoms with E-state index >= 15 is 0 Å². The van der Waals surface area contributed by atoms with Gasteiger partial charge in [-0.15, -0.1) is 0 Å². The van der Waals surface area contributed by atoms with E-state index in [1.807, 2.05) is 60.7 Å². The minimum absolute atomic E-state index is 0.0622. The summed E-state index contributed by atoms with van der Waals surface area (Å²) in [5.41, 5.74) is 1.50. The lowest BCUT2D eigenvalue weighted by molar-refractivity contribution is -0.159. The topological polar surface area (TPSA) is 133 Å². The van der Waals surface area contributed by atoms with Gasteiger partial charge in [-0.1, -0.05) is 60.7 Å². The Labute approximate surface area is 239 Å². The van der Waals surface area contributed by atoms with Crippen molar-refractivity contribution in [3.05, 3.63) is 88.2 Å². The van der Waals surface area contributed by atoms with Crippen molar-refractivity contribution in [3.8, 4) is 11.5 Å². The van der Waals surface area contributed by atoms with Crippen LogP contribution in [0.15, 0.2) is 71.3 Å². The SMILES string of the molecule is COc1cc(Br)nc(C(=O)NC2COC(=O)[C@H](Cc3ccccc3)[C@@H](O)[C@H](C)OC2=O)c1OCc1ccccc1. The highest BCUT2D eigenvalue weighted by atomic mass is 79.9. The lowest BCUT2D eigenvalue weighted by atomic mass is 9.91. The highest BCUT2D eigenvalue weighted by Crippen LogP contribution is 2.33. The predicted molar refractivity (Wildman–Crippen MR) is 147 cm³/mol.